The van der Waals surface area contributed by atoms with Crippen LogP contribution in [0.4, 0.5) is 0 Å². The molecule has 0 spiro atoms. The van der Waals surface area contributed by atoms with Crippen LogP contribution in [0.2, 0.25) is 0 Å². The topological polar surface area (TPSA) is 56.4 Å². The summed E-state index contributed by atoms with van der Waals surface area (Å²) in [5, 5.41) is 1.11. The Morgan fingerprint density at radius 1 is 1.06 bits per heavy atom. The lowest BCUT2D eigenvalue weighted by Crippen LogP contribution is -2.50. The number of nitrogens with zero attached hydrogens (tertiary/aromatic N) is 2. The Bertz CT molecular complexity index is 1170. The van der Waals surface area contributed by atoms with Crippen molar-refractivity contribution in [3.63, 3.8) is 0 Å². The second kappa shape index (κ2) is 8.12. The molecule has 5 heteroatoms. The highest BCUT2D eigenvalue weighted by Gasteiger charge is 2.46. The molecule has 166 valence electrons. The van der Waals surface area contributed by atoms with E-state index < -0.39 is 6.04 Å². The van der Waals surface area contributed by atoms with Gasteiger partial charge in [0.05, 0.1) is 6.04 Å². The lowest BCUT2D eigenvalue weighted by molar-refractivity contribution is -0.136. The van der Waals surface area contributed by atoms with Crippen molar-refractivity contribution in [2.24, 2.45) is 5.92 Å². The van der Waals surface area contributed by atoms with E-state index in [1.807, 2.05) is 46.2 Å². The summed E-state index contributed by atoms with van der Waals surface area (Å²) in [6, 6.07) is 15.4. The van der Waals surface area contributed by atoms with Crippen molar-refractivity contribution in [2.75, 3.05) is 13.1 Å². The van der Waals surface area contributed by atoms with Crippen LogP contribution in [0.3, 0.4) is 0 Å². The number of hydrogen-bond donors (Lipinski definition) is 1. The van der Waals surface area contributed by atoms with E-state index in [0.717, 1.165) is 53.7 Å². The summed E-state index contributed by atoms with van der Waals surface area (Å²) in [4.78, 5) is 34.9. The molecule has 5 nitrogen and oxygen atoms in total. The fourth-order valence-corrected chi connectivity index (χ4v) is 5.53. The van der Waals surface area contributed by atoms with Crippen LogP contribution in [0, 0.1) is 12.8 Å². The molecular formula is C27H31N3O2. The van der Waals surface area contributed by atoms with E-state index in [0.29, 0.717) is 17.9 Å². The Morgan fingerprint density at radius 3 is 2.50 bits per heavy atom. The molecule has 1 fully saturated rings. The second-order valence-electron chi connectivity index (χ2n) is 9.59. The number of hydrogen-bond acceptors (Lipinski definition) is 2. The molecule has 1 saturated heterocycles. The zero-order chi connectivity index (χ0) is 22.4. The molecule has 0 aliphatic carbocycles. The predicted molar refractivity (Wildman–Crippen MR) is 127 cm³/mol. The number of benzene rings is 2. The van der Waals surface area contributed by atoms with Gasteiger partial charge in [0.15, 0.2) is 0 Å². The average Bonchev–Trinajstić information content (AvgIpc) is 3.48. The number of H-pyrrole nitrogens is 1. The smallest absolute Gasteiger partial charge is 0.255 e. The number of carbonyl (C=O) groups excluding carboxylic acids is 2. The van der Waals surface area contributed by atoms with Gasteiger partial charge in [0.1, 0.15) is 6.04 Å². The van der Waals surface area contributed by atoms with E-state index in [9.17, 15) is 9.59 Å². The lowest BCUT2D eigenvalue weighted by atomic mass is 9.93. The van der Waals surface area contributed by atoms with Crippen LogP contribution in [0.1, 0.15) is 66.3 Å². The van der Waals surface area contributed by atoms with Crippen molar-refractivity contribution in [2.45, 2.75) is 52.1 Å². The highest BCUT2D eigenvalue weighted by atomic mass is 16.2. The largest absolute Gasteiger partial charge is 0.358 e. The lowest BCUT2D eigenvalue weighted by Gasteiger charge is -2.36. The van der Waals surface area contributed by atoms with Crippen molar-refractivity contribution < 1.29 is 9.59 Å². The van der Waals surface area contributed by atoms with E-state index >= 15 is 0 Å². The standard InChI is InChI=1S/C27H31N3O2/c1-17(2)16-23(27(32)29-14-8-9-15-29)30-25(19-10-4-5-11-20(19)26(30)31)24-18(3)28-22-13-7-6-12-21(22)24/h4-7,10-13,17,23,25,28H,8-9,14-16H2,1-3H3. The van der Waals surface area contributed by atoms with Crippen molar-refractivity contribution in [1.82, 2.24) is 14.8 Å². The van der Waals surface area contributed by atoms with Crippen LogP contribution in [-0.2, 0) is 4.79 Å². The van der Waals surface area contributed by atoms with Gasteiger partial charge in [-0.15, -0.1) is 0 Å². The summed E-state index contributed by atoms with van der Waals surface area (Å²) in [5.41, 5.74) is 4.91. The molecule has 2 atom stereocenters. The number of aromatic amines is 1. The number of rotatable bonds is 5. The molecule has 32 heavy (non-hydrogen) atoms. The molecule has 1 N–H and O–H groups in total. The maximum absolute atomic E-state index is 13.8. The normalized spacial score (nSPS) is 19.2. The number of aryl methyl sites for hydroxylation is 1. The Kier molecular flexibility index (Phi) is 5.28. The minimum Gasteiger partial charge on any atom is -0.358 e. The summed E-state index contributed by atoms with van der Waals surface area (Å²) in [5.74, 6) is 0.362. The minimum absolute atomic E-state index is 0.0338. The van der Waals surface area contributed by atoms with Gasteiger partial charge in [-0.3, -0.25) is 9.59 Å². The Morgan fingerprint density at radius 2 is 1.75 bits per heavy atom. The average molecular weight is 430 g/mol. The van der Waals surface area contributed by atoms with Crippen LogP contribution in [0.5, 0.6) is 0 Å². The molecule has 3 heterocycles. The first kappa shape index (κ1) is 20.8. The monoisotopic (exact) mass is 429 g/mol. The van der Waals surface area contributed by atoms with Gasteiger partial charge in [-0.25, -0.2) is 0 Å². The number of nitrogens with one attached hydrogen (secondary N) is 1. The van der Waals surface area contributed by atoms with E-state index in [1.165, 1.54) is 0 Å². The van der Waals surface area contributed by atoms with Gasteiger partial charge >= 0.3 is 0 Å². The van der Waals surface area contributed by atoms with E-state index in [-0.39, 0.29) is 17.9 Å². The first-order valence-corrected chi connectivity index (χ1v) is 11.7. The fraction of sp³-hybridized carbons (Fsp3) is 0.407. The molecule has 1 aromatic heterocycles. The number of amides is 2. The Labute approximate surface area is 189 Å². The quantitative estimate of drug-likeness (QED) is 0.616. The van der Waals surface area contributed by atoms with Crippen LogP contribution in [0.25, 0.3) is 10.9 Å². The molecule has 2 amide bonds. The zero-order valence-electron chi connectivity index (χ0n) is 19.1. The van der Waals surface area contributed by atoms with Gasteiger partial charge in [-0.05, 0) is 49.8 Å². The molecule has 2 aromatic carbocycles. The predicted octanol–water partition coefficient (Wildman–Crippen LogP) is 5.06. The molecule has 2 aliphatic heterocycles. The fourth-order valence-electron chi connectivity index (χ4n) is 5.53. The third-order valence-corrected chi connectivity index (χ3v) is 6.95. The minimum atomic E-state index is -0.467. The summed E-state index contributed by atoms with van der Waals surface area (Å²) in [7, 11) is 0. The summed E-state index contributed by atoms with van der Waals surface area (Å²) in [6.45, 7) is 7.91. The maximum Gasteiger partial charge on any atom is 0.255 e. The first-order chi connectivity index (χ1) is 15.5. The van der Waals surface area contributed by atoms with Gasteiger partial charge in [0.25, 0.3) is 5.91 Å². The second-order valence-corrected chi connectivity index (χ2v) is 9.59. The van der Waals surface area contributed by atoms with Crippen LogP contribution < -0.4 is 0 Å². The summed E-state index contributed by atoms with van der Waals surface area (Å²) >= 11 is 0. The van der Waals surface area contributed by atoms with E-state index in [2.05, 4.69) is 37.9 Å². The number of fused-ring (bicyclic) bond motifs is 2. The van der Waals surface area contributed by atoms with Gasteiger partial charge < -0.3 is 14.8 Å². The molecule has 2 aliphatic rings. The summed E-state index contributed by atoms with van der Waals surface area (Å²) < 4.78 is 0. The number of carbonyl (C=O) groups is 2. The number of para-hydroxylation sites is 1. The van der Waals surface area contributed by atoms with Crippen molar-refractivity contribution in [3.8, 4) is 0 Å². The molecule has 0 bridgehead atoms. The van der Waals surface area contributed by atoms with Gasteiger partial charge in [-0.2, -0.15) is 0 Å². The van der Waals surface area contributed by atoms with Gasteiger partial charge in [0, 0.05) is 40.8 Å². The molecule has 5 rings (SSSR count). The van der Waals surface area contributed by atoms with E-state index in [4.69, 9.17) is 0 Å². The highest BCUT2D eigenvalue weighted by molar-refractivity contribution is 6.03. The molecular weight excluding hydrogens is 398 g/mol. The van der Waals surface area contributed by atoms with E-state index in [1.54, 1.807) is 0 Å². The first-order valence-electron chi connectivity index (χ1n) is 11.7. The van der Waals surface area contributed by atoms with Crippen LogP contribution >= 0.6 is 0 Å². The van der Waals surface area contributed by atoms with Crippen molar-refractivity contribution >= 4 is 22.7 Å². The molecule has 2 unspecified atom stereocenters. The highest BCUT2D eigenvalue weighted by Crippen LogP contribution is 2.44. The molecule has 0 radical (unpaired) electrons. The van der Waals surface area contributed by atoms with Crippen LogP contribution in [-0.4, -0.2) is 45.7 Å². The van der Waals surface area contributed by atoms with Crippen molar-refractivity contribution in [3.05, 3.63) is 70.9 Å². The number of likely N-dealkylation sites (tertiary alicyclic amines) is 1. The number of aromatic nitrogens is 1. The van der Waals surface area contributed by atoms with Gasteiger partial charge in [-0.1, -0.05) is 50.2 Å². The summed E-state index contributed by atoms with van der Waals surface area (Å²) in [6.07, 6.45) is 2.74. The molecule has 3 aromatic rings. The zero-order valence-corrected chi connectivity index (χ0v) is 19.1. The van der Waals surface area contributed by atoms with Crippen LogP contribution in [0.15, 0.2) is 48.5 Å². The Balaban J connectivity index is 1.69. The van der Waals surface area contributed by atoms with Gasteiger partial charge in [0.2, 0.25) is 5.91 Å². The third kappa shape index (κ3) is 3.31. The Hall–Kier alpha value is -3.08. The maximum atomic E-state index is 13.8. The SMILES string of the molecule is Cc1[nH]c2ccccc2c1C1c2ccccc2C(=O)N1C(CC(C)C)C(=O)N1CCCC1. The van der Waals surface area contributed by atoms with Crippen molar-refractivity contribution in [1.29, 1.82) is 0 Å². The molecule has 0 saturated carbocycles. The third-order valence-electron chi connectivity index (χ3n) is 6.95.